The van der Waals surface area contributed by atoms with Crippen molar-refractivity contribution >= 4 is 5.82 Å². The van der Waals surface area contributed by atoms with Gasteiger partial charge in [-0.3, -0.25) is 0 Å². The highest BCUT2D eigenvalue weighted by Gasteiger charge is 2.36. The molecule has 0 spiro atoms. The molecule has 14 heavy (non-hydrogen) atoms. The number of halogens is 1. The van der Waals surface area contributed by atoms with Gasteiger partial charge in [-0.1, -0.05) is 13.8 Å². The monoisotopic (exact) mass is 195 g/mol. The van der Waals surface area contributed by atoms with Crippen molar-refractivity contribution in [3.8, 4) is 0 Å². The highest BCUT2D eigenvalue weighted by atomic mass is 19.1. The van der Waals surface area contributed by atoms with E-state index < -0.39 is 5.95 Å². The Kier molecular flexibility index (Phi) is 2.13. The zero-order valence-electron chi connectivity index (χ0n) is 8.42. The number of hydrogen-bond acceptors (Lipinski definition) is 3. The topological polar surface area (TPSA) is 37.8 Å². The van der Waals surface area contributed by atoms with Gasteiger partial charge < -0.3 is 5.32 Å². The lowest BCUT2D eigenvalue weighted by molar-refractivity contribution is 0.167. The van der Waals surface area contributed by atoms with Gasteiger partial charge in [-0.05, 0) is 18.3 Å². The maximum atomic E-state index is 13.1. The fraction of sp³-hybridized carbons (Fsp3) is 0.600. The maximum Gasteiger partial charge on any atom is 0.255 e. The summed E-state index contributed by atoms with van der Waals surface area (Å²) in [5.41, 5.74) is 0.385. The second kappa shape index (κ2) is 3.19. The van der Waals surface area contributed by atoms with E-state index in [9.17, 15) is 4.39 Å². The predicted octanol–water partition coefficient (Wildman–Crippen LogP) is 2.22. The van der Waals surface area contributed by atoms with Gasteiger partial charge in [0.25, 0.3) is 5.95 Å². The molecule has 0 amide bonds. The Bertz CT molecular complexity index is 330. The molecule has 4 heteroatoms. The van der Waals surface area contributed by atoms with Crippen LogP contribution in [-0.2, 0) is 0 Å². The third-order valence-electron chi connectivity index (χ3n) is 2.59. The van der Waals surface area contributed by atoms with Crippen LogP contribution in [0.5, 0.6) is 0 Å². The van der Waals surface area contributed by atoms with Crippen LogP contribution in [0, 0.1) is 11.4 Å². The van der Waals surface area contributed by atoms with Gasteiger partial charge in [-0.2, -0.15) is 4.39 Å². The molecule has 1 heterocycles. The Morgan fingerprint density at radius 2 is 2.00 bits per heavy atom. The number of hydrogen-bond donors (Lipinski definition) is 1. The summed E-state index contributed by atoms with van der Waals surface area (Å²) < 4.78 is 13.1. The Morgan fingerprint density at radius 1 is 1.36 bits per heavy atom. The van der Waals surface area contributed by atoms with Gasteiger partial charge in [0, 0.05) is 18.4 Å². The number of nitrogens with zero attached hydrogens (tertiary/aromatic N) is 2. The molecule has 0 saturated heterocycles. The Labute approximate surface area is 82.8 Å². The molecule has 1 N–H and O–H groups in total. The number of aromatic nitrogens is 2. The molecule has 2 rings (SSSR count). The smallest absolute Gasteiger partial charge is 0.255 e. The molecule has 1 aliphatic carbocycles. The summed E-state index contributed by atoms with van der Waals surface area (Å²) in [7, 11) is 0. The lowest BCUT2D eigenvalue weighted by atomic mass is 9.68. The van der Waals surface area contributed by atoms with E-state index in [0.29, 0.717) is 11.5 Å². The van der Waals surface area contributed by atoms with E-state index in [4.69, 9.17) is 0 Å². The molecule has 1 aromatic rings. The van der Waals surface area contributed by atoms with Crippen LogP contribution in [-0.4, -0.2) is 16.0 Å². The summed E-state index contributed by atoms with van der Waals surface area (Å²) in [6, 6.07) is 0.344. The fourth-order valence-corrected chi connectivity index (χ4v) is 1.99. The largest absolute Gasteiger partial charge is 0.363 e. The van der Waals surface area contributed by atoms with E-state index >= 15 is 0 Å². The minimum atomic E-state index is -0.516. The average molecular weight is 195 g/mol. The van der Waals surface area contributed by atoms with Crippen molar-refractivity contribution in [1.29, 1.82) is 0 Å². The summed E-state index contributed by atoms with van der Waals surface area (Å²) in [6.45, 7) is 4.41. The third kappa shape index (κ3) is 1.84. The van der Waals surface area contributed by atoms with Crippen LogP contribution in [0.2, 0.25) is 0 Å². The van der Waals surface area contributed by atoms with Crippen LogP contribution in [0.1, 0.15) is 26.7 Å². The highest BCUT2D eigenvalue weighted by molar-refractivity contribution is 5.34. The summed E-state index contributed by atoms with van der Waals surface area (Å²) in [4.78, 5) is 7.43. The highest BCUT2D eigenvalue weighted by Crippen LogP contribution is 2.41. The fourth-order valence-electron chi connectivity index (χ4n) is 1.99. The summed E-state index contributed by atoms with van der Waals surface area (Å²) in [5.74, 6) is -0.245. The van der Waals surface area contributed by atoms with Crippen LogP contribution in [0.15, 0.2) is 12.4 Å². The minimum Gasteiger partial charge on any atom is -0.363 e. The summed E-state index contributed by atoms with van der Waals surface area (Å²) in [6.07, 6.45) is 4.96. The molecule has 0 unspecified atom stereocenters. The molecule has 76 valence electrons. The molecular formula is C10H14FN3. The number of nitrogens with one attached hydrogen (secondary N) is 1. The van der Waals surface area contributed by atoms with Gasteiger partial charge >= 0.3 is 0 Å². The Hall–Kier alpha value is -1.19. The van der Waals surface area contributed by atoms with Crippen LogP contribution in [0.4, 0.5) is 10.2 Å². The van der Waals surface area contributed by atoms with Crippen LogP contribution in [0.3, 0.4) is 0 Å². The second-order valence-corrected chi connectivity index (χ2v) is 4.61. The molecule has 0 aromatic carbocycles. The van der Waals surface area contributed by atoms with E-state index in [1.54, 1.807) is 0 Å². The van der Waals surface area contributed by atoms with E-state index in [-0.39, 0.29) is 5.82 Å². The molecule has 1 aliphatic rings. The van der Waals surface area contributed by atoms with Crippen molar-refractivity contribution in [3.63, 3.8) is 0 Å². The number of anilines is 1. The molecule has 0 bridgehead atoms. The number of rotatable bonds is 2. The van der Waals surface area contributed by atoms with Crippen LogP contribution in [0.25, 0.3) is 0 Å². The van der Waals surface area contributed by atoms with Crippen molar-refractivity contribution in [2.75, 3.05) is 5.32 Å². The van der Waals surface area contributed by atoms with E-state index in [1.165, 1.54) is 12.4 Å². The van der Waals surface area contributed by atoms with Crippen molar-refractivity contribution in [1.82, 2.24) is 9.97 Å². The molecule has 1 saturated carbocycles. The zero-order chi connectivity index (χ0) is 10.2. The quantitative estimate of drug-likeness (QED) is 0.786. The second-order valence-electron chi connectivity index (χ2n) is 4.61. The van der Waals surface area contributed by atoms with E-state index in [2.05, 4.69) is 29.1 Å². The normalized spacial score (nSPS) is 20.2. The first-order chi connectivity index (χ1) is 6.57. The first-order valence-electron chi connectivity index (χ1n) is 4.80. The molecule has 0 aliphatic heterocycles. The first kappa shape index (κ1) is 9.37. The average Bonchev–Trinajstić information content (AvgIpc) is 2.05. The van der Waals surface area contributed by atoms with Gasteiger partial charge in [0.1, 0.15) is 0 Å². The maximum absolute atomic E-state index is 13.1. The third-order valence-corrected chi connectivity index (χ3v) is 2.59. The van der Waals surface area contributed by atoms with Crippen molar-refractivity contribution in [2.24, 2.45) is 5.41 Å². The standard InChI is InChI=1S/C10H14FN3/c1-10(2)5-7(6-10)14-9-8(11)12-3-4-13-9/h3-4,7H,5-6H2,1-2H3,(H,13,14). The molecule has 0 atom stereocenters. The van der Waals surface area contributed by atoms with Gasteiger partial charge in [0.15, 0.2) is 5.82 Å². The van der Waals surface area contributed by atoms with Crippen molar-refractivity contribution in [2.45, 2.75) is 32.7 Å². The molecule has 1 fully saturated rings. The van der Waals surface area contributed by atoms with Crippen molar-refractivity contribution in [3.05, 3.63) is 18.3 Å². The van der Waals surface area contributed by atoms with E-state index in [1.807, 2.05) is 0 Å². The SMILES string of the molecule is CC1(C)CC(Nc2nccnc2F)C1. The summed E-state index contributed by atoms with van der Waals surface area (Å²) in [5, 5.41) is 3.05. The van der Waals surface area contributed by atoms with Gasteiger partial charge in [-0.15, -0.1) is 0 Å². The molecule has 3 nitrogen and oxygen atoms in total. The van der Waals surface area contributed by atoms with E-state index in [0.717, 1.165) is 12.8 Å². The van der Waals surface area contributed by atoms with Crippen LogP contribution < -0.4 is 5.32 Å². The first-order valence-corrected chi connectivity index (χ1v) is 4.80. The lowest BCUT2D eigenvalue weighted by Gasteiger charge is -2.43. The molecule has 1 aromatic heterocycles. The van der Waals surface area contributed by atoms with Crippen LogP contribution >= 0.6 is 0 Å². The minimum absolute atomic E-state index is 0.271. The Balaban J connectivity index is 1.97. The van der Waals surface area contributed by atoms with Gasteiger partial charge in [0.2, 0.25) is 0 Å². The predicted molar refractivity (Wildman–Crippen MR) is 52.4 cm³/mol. The molecular weight excluding hydrogens is 181 g/mol. The van der Waals surface area contributed by atoms with Gasteiger partial charge in [-0.25, -0.2) is 9.97 Å². The van der Waals surface area contributed by atoms with Gasteiger partial charge in [0.05, 0.1) is 0 Å². The zero-order valence-corrected chi connectivity index (χ0v) is 8.42. The lowest BCUT2D eigenvalue weighted by Crippen LogP contribution is -2.41. The summed E-state index contributed by atoms with van der Waals surface area (Å²) >= 11 is 0. The molecule has 0 radical (unpaired) electrons. The van der Waals surface area contributed by atoms with Crippen molar-refractivity contribution < 1.29 is 4.39 Å². The Morgan fingerprint density at radius 3 is 2.57 bits per heavy atom.